The number of imidazole rings is 1. The zero-order valence-electron chi connectivity index (χ0n) is 68.3. The summed E-state index contributed by atoms with van der Waals surface area (Å²) in [6, 6.07) is 20.2. The fraction of sp³-hybridized carbons (Fsp3) is 0.288. The van der Waals surface area contributed by atoms with Gasteiger partial charge >= 0.3 is 0 Å². The van der Waals surface area contributed by atoms with E-state index in [9.17, 15) is 5.11 Å². The number of hydrogen-bond donors (Lipinski definition) is 1. The van der Waals surface area contributed by atoms with Crippen LogP contribution in [0.4, 0.5) is 0 Å². The topological polar surface area (TPSA) is 50.9 Å². The Balaban J connectivity index is 1.55. The quantitative estimate of drug-likeness (QED) is 0.181. The van der Waals surface area contributed by atoms with E-state index >= 15 is 0 Å². The number of rotatable bonds is 6. The van der Waals surface area contributed by atoms with E-state index < -0.39 is 154 Å². The number of hydrogen-bond acceptors (Lipinski definition) is 3. The van der Waals surface area contributed by atoms with Crippen molar-refractivity contribution in [1.29, 1.82) is 0 Å². The Hall–Kier alpha value is -6.26. The SMILES string of the molecule is [2H]c1c([2H])c(C(C([2H])([2H])[2H])(C([2H])([2H])[2H])C([2H])([2H])[2H])c([2H])c([2H])c1-c1ccnc(-c2cc(-c3cccc4c3nc(-c3cc(C(C([2H])([2H])[2H])(C([2H])([2H])[2H])C([2H])([2H])[2H])cc(C(C([2H])([2H])[2H])(C([2H])([2H])[2H])C([2H])([2H])[2H])c3O)n4-c3ccc(-c4ccccc4)c(C([2H])([2H])[2H])c3)cc(C(C)(C)C)c2)c1. The van der Waals surface area contributed by atoms with Crippen LogP contribution in [0.5, 0.6) is 5.75 Å². The first-order valence-electron chi connectivity index (χ1n) is 36.6. The second-order valence-corrected chi connectivity index (χ2v) is 16.4. The van der Waals surface area contributed by atoms with Gasteiger partial charge in [0.15, 0.2) is 0 Å². The van der Waals surface area contributed by atoms with Gasteiger partial charge in [-0.2, -0.15) is 0 Å². The molecule has 0 unspecified atom stereocenters. The van der Waals surface area contributed by atoms with E-state index in [1.807, 2.05) is 20.8 Å². The molecule has 0 spiro atoms. The molecule has 320 valence electrons. The van der Waals surface area contributed by atoms with Crippen LogP contribution >= 0.6 is 0 Å². The highest BCUT2D eigenvalue weighted by Gasteiger charge is 2.29. The highest BCUT2D eigenvalue weighted by Crippen LogP contribution is 2.45. The van der Waals surface area contributed by atoms with Crippen LogP contribution in [0.25, 0.3) is 72.7 Å². The summed E-state index contributed by atoms with van der Waals surface area (Å²) in [5.74, 6) is -2.32. The number of phenols is 1. The van der Waals surface area contributed by atoms with E-state index in [4.69, 9.17) is 51.6 Å². The first-order chi connectivity index (χ1) is 43.7. The number of aromatic hydroxyl groups is 1. The van der Waals surface area contributed by atoms with Gasteiger partial charge in [0.05, 0.1) is 27.8 Å². The van der Waals surface area contributed by atoms with Crippen LogP contribution in [0.3, 0.4) is 0 Å². The Morgan fingerprint density at radius 3 is 1.94 bits per heavy atom. The van der Waals surface area contributed by atoms with Crippen molar-refractivity contribution in [2.75, 3.05) is 0 Å². The average Bonchev–Trinajstić information content (AvgIpc) is 0.952. The number of nitrogens with zero attached hydrogens (tertiary/aromatic N) is 3. The molecule has 0 amide bonds. The van der Waals surface area contributed by atoms with E-state index in [-0.39, 0.29) is 61.9 Å². The molecule has 8 aromatic rings. The van der Waals surface area contributed by atoms with Gasteiger partial charge in [-0.3, -0.25) is 9.55 Å². The largest absolute Gasteiger partial charge is 0.507 e. The van der Waals surface area contributed by atoms with Gasteiger partial charge in [-0.1, -0.05) is 167 Å². The minimum absolute atomic E-state index is 0.0403. The second kappa shape index (κ2) is 15.8. The second-order valence-electron chi connectivity index (χ2n) is 16.4. The molecule has 2 aromatic heterocycles. The molecule has 0 atom stereocenters. The Labute approximate surface area is 423 Å². The summed E-state index contributed by atoms with van der Waals surface area (Å²) in [5.41, 5.74) is -18.4. The van der Waals surface area contributed by atoms with Crippen molar-refractivity contribution in [3.05, 3.63) is 167 Å². The molecule has 0 aliphatic carbocycles. The molecule has 8 rings (SSSR count). The monoisotopic (exact) mass is 864 g/mol. The summed E-state index contributed by atoms with van der Waals surface area (Å²) in [6.45, 7) is -34.9. The maximum absolute atomic E-state index is 13.0. The summed E-state index contributed by atoms with van der Waals surface area (Å²) in [7, 11) is 0. The number of phenolic OH excluding ortho intramolecular Hbond substituents is 1. The van der Waals surface area contributed by atoms with Crippen LogP contribution in [0.2, 0.25) is 0 Å². The number of pyridine rings is 1. The molecular weight excluding hydrogens is 767 g/mol. The molecule has 0 fully saturated rings. The first kappa shape index (κ1) is 18.5. The number of para-hydroxylation sites is 1. The minimum Gasteiger partial charge on any atom is -0.507 e. The molecule has 0 aliphatic rings. The standard InChI is InChI=1S/C59H63N3O/c1-37-30-46(26-27-47(37)39-18-15-14-16-19-39)62-52-21-17-20-48(53(52)61-55(62)49-35-45(58(8,9)10)36-50(54(49)63)59(11,12)13)41-31-42(33-44(32-41)57(5,6)7)51-34-40(28-29-60-51)38-22-24-43(25-23-38)56(2,3)4/h14-36,63H,1-13H3/i1D3,2D3,3D3,4D3,8D3,9D3,10D3,11D3,12D3,13D3,22D,23D,24D,25D. The zero-order valence-corrected chi connectivity index (χ0v) is 34.3. The van der Waals surface area contributed by atoms with Crippen molar-refractivity contribution < 1.29 is 51.7 Å². The molecule has 0 saturated carbocycles. The lowest BCUT2D eigenvalue weighted by Crippen LogP contribution is -2.17. The molecule has 0 radical (unpaired) electrons. The number of fused-ring (bicyclic) bond motifs is 1. The van der Waals surface area contributed by atoms with Gasteiger partial charge in [-0.15, -0.1) is 0 Å². The van der Waals surface area contributed by atoms with Gasteiger partial charge in [-0.05, 0) is 127 Å². The van der Waals surface area contributed by atoms with Gasteiger partial charge in [0.2, 0.25) is 0 Å². The van der Waals surface area contributed by atoms with E-state index in [1.54, 1.807) is 48.5 Å². The normalized spacial score (nSPS) is 22.5. The molecule has 4 nitrogen and oxygen atoms in total. The van der Waals surface area contributed by atoms with Crippen molar-refractivity contribution in [2.45, 2.75) is 111 Å². The lowest BCUT2D eigenvalue weighted by Gasteiger charge is -2.27. The smallest absolute Gasteiger partial charge is 0.149 e. The third-order valence-corrected chi connectivity index (χ3v) is 10.7. The lowest BCUT2D eigenvalue weighted by atomic mass is 9.79. The van der Waals surface area contributed by atoms with Crippen LogP contribution in [-0.2, 0) is 21.7 Å². The third-order valence-electron chi connectivity index (χ3n) is 10.7. The maximum Gasteiger partial charge on any atom is 0.149 e. The molecule has 2 heterocycles. The Kier molecular flexibility index (Phi) is 4.63. The Morgan fingerprint density at radius 1 is 0.540 bits per heavy atom. The molecule has 6 aromatic carbocycles. The van der Waals surface area contributed by atoms with Crippen molar-refractivity contribution >= 4 is 11.0 Å². The van der Waals surface area contributed by atoms with E-state index in [0.717, 1.165) is 4.57 Å². The van der Waals surface area contributed by atoms with Crippen LogP contribution in [0.1, 0.15) is 157 Å². The van der Waals surface area contributed by atoms with Crippen molar-refractivity contribution in [3.8, 4) is 67.5 Å². The van der Waals surface area contributed by atoms with Crippen molar-refractivity contribution in [1.82, 2.24) is 14.5 Å². The van der Waals surface area contributed by atoms with Gasteiger partial charge in [0.1, 0.15) is 11.6 Å². The lowest BCUT2D eigenvalue weighted by molar-refractivity contribution is 0.446. The summed E-state index contributed by atoms with van der Waals surface area (Å²) in [6.07, 6.45) is 1.21. The summed E-state index contributed by atoms with van der Waals surface area (Å²) < 4.78 is 295. The summed E-state index contributed by atoms with van der Waals surface area (Å²) >= 11 is 0. The predicted molar refractivity (Wildman–Crippen MR) is 267 cm³/mol. The molecule has 0 aliphatic heterocycles. The fourth-order valence-electron chi connectivity index (χ4n) is 7.37. The number of aryl methyl sites for hydroxylation is 1. The highest BCUT2D eigenvalue weighted by atomic mass is 16.3. The molecular formula is C59H63N3O. The van der Waals surface area contributed by atoms with Crippen LogP contribution < -0.4 is 0 Å². The van der Waals surface area contributed by atoms with Gasteiger partial charge < -0.3 is 5.11 Å². The zero-order chi connectivity index (χ0) is 73.7. The Bertz CT molecular complexity index is 4210. The van der Waals surface area contributed by atoms with Crippen LogP contribution in [0, 0.1) is 6.85 Å². The average molecular weight is 864 g/mol. The predicted octanol–water partition coefficient (Wildman–Crippen LogP) is 16.0. The van der Waals surface area contributed by atoms with Crippen molar-refractivity contribution in [2.24, 2.45) is 0 Å². The van der Waals surface area contributed by atoms with E-state index in [2.05, 4.69) is 4.98 Å². The molecule has 0 bridgehead atoms. The third kappa shape index (κ3) is 8.61. The number of benzene rings is 6. The number of aromatic nitrogens is 3. The van der Waals surface area contributed by atoms with Gasteiger partial charge in [-0.25, -0.2) is 4.98 Å². The molecule has 63 heavy (non-hydrogen) atoms. The van der Waals surface area contributed by atoms with Crippen LogP contribution in [0.15, 0.2) is 140 Å². The molecule has 4 heteroatoms. The maximum atomic E-state index is 13.0. The van der Waals surface area contributed by atoms with Gasteiger partial charge in [0.25, 0.3) is 0 Å². The summed E-state index contributed by atoms with van der Waals surface area (Å²) in [5, 5.41) is 13.0. The molecule has 0 saturated heterocycles. The molecule has 1 N–H and O–H groups in total. The van der Waals surface area contributed by atoms with Gasteiger partial charge in [0, 0.05) is 69.7 Å². The summed E-state index contributed by atoms with van der Waals surface area (Å²) in [4.78, 5) is 9.53. The highest BCUT2D eigenvalue weighted by molar-refractivity contribution is 5.97. The van der Waals surface area contributed by atoms with Crippen molar-refractivity contribution in [3.63, 3.8) is 0 Å². The van der Waals surface area contributed by atoms with E-state index in [1.165, 1.54) is 54.7 Å². The van der Waals surface area contributed by atoms with E-state index in [0.29, 0.717) is 17.2 Å². The first-order valence-corrected chi connectivity index (χ1v) is 19.6. The Morgan fingerprint density at radius 2 is 1.24 bits per heavy atom. The fourth-order valence-corrected chi connectivity index (χ4v) is 7.37. The van der Waals surface area contributed by atoms with Crippen LogP contribution in [-0.4, -0.2) is 19.6 Å². The minimum atomic E-state index is -4.32.